The van der Waals surface area contributed by atoms with Crippen LogP contribution in [0.25, 0.3) is 0 Å². The first-order valence-corrected chi connectivity index (χ1v) is 10.5. The van der Waals surface area contributed by atoms with Gasteiger partial charge in [0.25, 0.3) is 0 Å². The normalized spacial score (nSPS) is 15.6. The second kappa shape index (κ2) is 10.8. The van der Waals surface area contributed by atoms with Gasteiger partial charge in [-0.2, -0.15) is 0 Å². The number of fused-ring (bicyclic) bond motifs is 1. The molecule has 3 rings (SSSR count). The van der Waals surface area contributed by atoms with Crippen molar-refractivity contribution in [2.75, 3.05) is 33.9 Å². The predicted octanol–water partition coefficient (Wildman–Crippen LogP) is 2.87. The van der Waals surface area contributed by atoms with Gasteiger partial charge in [-0.1, -0.05) is 30.3 Å². The standard InChI is InChI=1S/C24H30N2O5/c1-4-31-24(28)14-20-19-13-22(30-3)21(29-2)12-18(19)10-11-26(20)16-23(27)25-15-17-8-6-5-7-9-17/h5-9,12-13,20H,4,10-11,14-16H2,1-3H3,(H,25,27)/t20-/m1/s1. The van der Waals surface area contributed by atoms with Crippen molar-refractivity contribution in [1.29, 1.82) is 0 Å². The van der Waals surface area contributed by atoms with Crippen LogP contribution < -0.4 is 14.8 Å². The van der Waals surface area contributed by atoms with Crippen LogP contribution in [0.1, 0.15) is 36.1 Å². The minimum Gasteiger partial charge on any atom is -0.493 e. The van der Waals surface area contributed by atoms with Gasteiger partial charge < -0.3 is 19.5 Å². The number of esters is 1. The van der Waals surface area contributed by atoms with Crippen molar-refractivity contribution in [1.82, 2.24) is 10.2 Å². The molecule has 0 saturated carbocycles. The molecule has 7 heteroatoms. The number of nitrogens with one attached hydrogen (secondary N) is 1. The van der Waals surface area contributed by atoms with E-state index in [1.54, 1.807) is 21.1 Å². The predicted molar refractivity (Wildman–Crippen MR) is 117 cm³/mol. The average molecular weight is 427 g/mol. The topological polar surface area (TPSA) is 77.1 Å². The van der Waals surface area contributed by atoms with Gasteiger partial charge in [0.15, 0.2) is 11.5 Å². The fourth-order valence-electron chi connectivity index (χ4n) is 3.92. The summed E-state index contributed by atoms with van der Waals surface area (Å²) in [6, 6.07) is 13.4. The first-order chi connectivity index (χ1) is 15.0. The number of hydrogen-bond donors (Lipinski definition) is 1. The summed E-state index contributed by atoms with van der Waals surface area (Å²) < 4.78 is 16.1. The molecule has 31 heavy (non-hydrogen) atoms. The van der Waals surface area contributed by atoms with Gasteiger partial charge in [0.2, 0.25) is 5.91 Å². The van der Waals surface area contributed by atoms with Gasteiger partial charge in [0, 0.05) is 19.1 Å². The lowest BCUT2D eigenvalue weighted by Gasteiger charge is -2.37. The minimum atomic E-state index is -0.287. The molecule has 7 nitrogen and oxygen atoms in total. The smallest absolute Gasteiger partial charge is 0.307 e. The zero-order valence-electron chi connectivity index (χ0n) is 18.3. The summed E-state index contributed by atoms with van der Waals surface area (Å²) in [6.45, 7) is 3.44. The van der Waals surface area contributed by atoms with Crippen LogP contribution in [0.2, 0.25) is 0 Å². The number of carbonyl (C=O) groups excluding carboxylic acids is 2. The number of carbonyl (C=O) groups is 2. The molecule has 1 aliphatic heterocycles. The largest absolute Gasteiger partial charge is 0.493 e. The van der Waals surface area contributed by atoms with Gasteiger partial charge in [-0.25, -0.2) is 0 Å². The molecule has 1 amide bonds. The van der Waals surface area contributed by atoms with Gasteiger partial charge in [0.1, 0.15) is 0 Å². The van der Waals surface area contributed by atoms with E-state index in [1.165, 1.54) is 0 Å². The minimum absolute atomic E-state index is 0.0818. The lowest BCUT2D eigenvalue weighted by Crippen LogP contribution is -2.43. The molecule has 2 aromatic rings. The third-order valence-corrected chi connectivity index (χ3v) is 5.46. The second-order valence-corrected chi connectivity index (χ2v) is 7.41. The lowest BCUT2D eigenvalue weighted by molar-refractivity contribution is -0.145. The maximum absolute atomic E-state index is 12.7. The van der Waals surface area contributed by atoms with Gasteiger partial charge >= 0.3 is 5.97 Å². The van der Waals surface area contributed by atoms with Crippen molar-refractivity contribution in [3.63, 3.8) is 0 Å². The molecule has 166 valence electrons. The van der Waals surface area contributed by atoms with Crippen molar-refractivity contribution in [3.8, 4) is 11.5 Å². The van der Waals surface area contributed by atoms with Crippen LogP contribution in [0.3, 0.4) is 0 Å². The Labute approximate surface area is 183 Å². The Hall–Kier alpha value is -3.06. The second-order valence-electron chi connectivity index (χ2n) is 7.41. The van der Waals surface area contributed by atoms with Crippen LogP contribution >= 0.6 is 0 Å². The summed E-state index contributed by atoms with van der Waals surface area (Å²) in [4.78, 5) is 27.0. The highest BCUT2D eigenvalue weighted by Gasteiger charge is 2.32. The van der Waals surface area contributed by atoms with E-state index in [9.17, 15) is 9.59 Å². The highest BCUT2D eigenvalue weighted by Crippen LogP contribution is 2.39. The SMILES string of the molecule is CCOC(=O)C[C@@H]1c2cc(OC)c(OC)cc2CCN1CC(=O)NCc1ccccc1. The summed E-state index contributed by atoms with van der Waals surface area (Å²) in [5, 5.41) is 2.97. The molecular formula is C24H30N2O5. The van der Waals surface area contributed by atoms with E-state index in [1.807, 2.05) is 47.4 Å². The molecule has 0 bridgehead atoms. The van der Waals surface area contributed by atoms with E-state index in [2.05, 4.69) is 5.32 Å². The maximum Gasteiger partial charge on any atom is 0.307 e. The zero-order valence-corrected chi connectivity index (χ0v) is 18.3. The third-order valence-electron chi connectivity index (χ3n) is 5.46. The highest BCUT2D eigenvalue weighted by atomic mass is 16.5. The fourth-order valence-corrected chi connectivity index (χ4v) is 3.92. The molecule has 2 aromatic carbocycles. The van der Waals surface area contributed by atoms with Gasteiger partial charge in [-0.05, 0) is 42.2 Å². The number of nitrogens with zero attached hydrogens (tertiary/aromatic N) is 1. The van der Waals surface area contributed by atoms with Crippen molar-refractivity contribution in [2.45, 2.75) is 32.4 Å². The Morgan fingerprint density at radius 1 is 1.10 bits per heavy atom. The summed E-state index contributed by atoms with van der Waals surface area (Å²) in [6.07, 6.45) is 0.920. The molecule has 0 spiro atoms. The monoisotopic (exact) mass is 426 g/mol. The van der Waals surface area contributed by atoms with Crippen molar-refractivity contribution < 1.29 is 23.8 Å². The highest BCUT2D eigenvalue weighted by molar-refractivity contribution is 5.78. The number of methoxy groups -OCH3 is 2. The molecule has 0 saturated heterocycles. The van der Waals surface area contributed by atoms with Crippen LogP contribution in [-0.2, 0) is 27.3 Å². The van der Waals surface area contributed by atoms with Crippen molar-refractivity contribution >= 4 is 11.9 Å². The number of hydrogen-bond acceptors (Lipinski definition) is 6. The summed E-state index contributed by atoms with van der Waals surface area (Å²) >= 11 is 0. The summed E-state index contributed by atoms with van der Waals surface area (Å²) in [5.74, 6) is 0.891. The van der Waals surface area contributed by atoms with Gasteiger partial charge in [-0.15, -0.1) is 0 Å². The van der Waals surface area contributed by atoms with E-state index >= 15 is 0 Å². The Bertz CT molecular complexity index is 900. The maximum atomic E-state index is 12.7. The molecule has 1 N–H and O–H groups in total. The third kappa shape index (κ3) is 5.76. The van der Waals surface area contributed by atoms with Crippen LogP contribution in [0.4, 0.5) is 0 Å². The number of ether oxygens (including phenoxy) is 3. The molecule has 1 heterocycles. The number of amides is 1. The first kappa shape index (κ1) is 22.6. The van der Waals surface area contributed by atoms with Crippen LogP contribution in [0.15, 0.2) is 42.5 Å². The average Bonchev–Trinajstić information content (AvgIpc) is 2.79. The van der Waals surface area contributed by atoms with Crippen LogP contribution in [0, 0.1) is 0 Å². The fraction of sp³-hybridized carbons (Fsp3) is 0.417. The molecule has 0 aromatic heterocycles. The van der Waals surface area contributed by atoms with E-state index < -0.39 is 0 Å². The number of rotatable bonds is 9. The molecule has 0 fully saturated rings. The zero-order chi connectivity index (χ0) is 22.2. The van der Waals surface area contributed by atoms with Crippen LogP contribution in [0.5, 0.6) is 11.5 Å². The first-order valence-electron chi connectivity index (χ1n) is 10.5. The van der Waals surface area contributed by atoms with E-state index in [0.29, 0.717) is 31.2 Å². The van der Waals surface area contributed by atoms with E-state index in [-0.39, 0.29) is 30.9 Å². The summed E-state index contributed by atoms with van der Waals surface area (Å²) in [7, 11) is 3.19. The van der Waals surface area contributed by atoms with Crippen molar-refractivity contribution in [2.24, 2.45) is 0 Å². The molecule has 0 unspecified atom stereocenters. The number of benzene rings is 2. The Kier molecular flexibility index (Phi) is 7.89. The lowest BCUT2D eigenvalue weighted by atomic mass is 9.90. The van der Waals surface area contributed by atoms with E-state index in [0.717, 1.165) is 23.1 Å². The molecule has 1 aliphatic rings. The molecule has 1 atom stereocenters. The Balaban J connectivity index is 1.78. The Morgan fingerprint density at radius 2 is 1.81 bits per heavy atom. The Morgan fingerprint density at radius 3 is 2.48 bits per heavy atom. The van der Waals surface area contributed by atoms with Crippen LogP contribution in [-0.4, -0.2) is 50.7 Å². The summed E-state index contributed by atoms with van der Waals surface area (Å²) in [5.41, 5.74) is 3.10. The molecule has 0 radical (unpaired) electrons. The molecule has 0 aliphatic carbocycles. The quantitative estimate of drug-likeness (QED) is 0.622. The molecular weight excluding hydrogens is 396 g/mol. The van der Waals surface area contributed by atoms with Gasteiger partial charge in [-0.3, -0.25) is 14.5 Å². The van der Waals surface area contributed by atoms with E-state index in [4.69, 9.17) is 14.2 Å². The van der Waals surface area contributed by atoms with Crippen molar-refractivity contribution in [3.05, 3.63) is 59.2 Å². The van der Waals surface area contributed by atoms with Gasteiger partial charge in [0.05, 0.1) is 33.8 Å².